The Morgan fingerprint density at radius 3 is 2.44 bits per heavy atom. The highest BCUT2D eigenvalue weighted by atomic mass is 35.7. The Balaban J connectivity index is 3.58. The maximum absolute atomic E-state index is 13.3. The Morgan fingerprint density at radius 1 is 1.50 bits per heavy atom. The first-order chi connectivity index (χ1) is 7.27. The first-order valence-electron chi connectivity index (χ1n) is 4.27. The summed E-state index contributed by atoms with van der Waals surface area (Å²) in [4.78, 5) is 9.99. The molecule has 4 nitrogen and oxygen atoms in total. The monoisotopic (exact) mass is 266 g/mol. The van der Waals surface area contributed by atoms with Gasteiger partial charge in [0.1, 0.15) is 10.7 Å². The molecule has 0 aromatic heterocycles. The first-order valence-corrected chi connectivity index (χ1v) is 6.58. The Bertz CT molecular complexity index is 539. The molecule has 0 aliphatic rings. The number of carboxylic acid groups (broad SMARTS) is 1. The summed E-state index contributed by atoms with van der Waals surface area (Å²) in [6.07, 6.45) is 0.279. The van der Waals surface area contributed by atoms with Crippen LogP contribution in [0.3, 0.4) is 0 Å². The van der Waals surface area contributed by atoms with Crippen LogP contribution in [0, 0.1) is 5.82 Å². The summed E-state index contributed by atoms with van der Waals surface area (Å²) in [5, 5.41) is 8.82. The number of aryl methyl sites for hydroxylation is 1. The fraction of sp³-hybridized carbons (Fsp3) is 0.222. The second kappa shape index (κ2) is 4.39. The van der Waals surface area contributed by atoms with Crippen molar-refractivity contribution in [3.05, 3.63) is 29.1 Å². The van der Waals surface area contributed by atoms with Crippen LogP contribution in [0.15, 0.2) is 17.0 Å². The molecule has 0 atom stereocenters. The summed E-state index contributed by atoms with van der Waals surface area (Å²) < 4.78 is 35.2. The summed E-state index contributed by atoms with van der Waals surface area (Å²) >= 11 is 0. The SMILES string of the molecule is CCc1cc(F)c(S(=O)(=O)Cl)cc1C(=O)O. The normalized spacial score (nSPS) is 11.4. The second-order valence-corrected chi connectivity index (χ2v) is 5.57. The molecule has 0 aliphatic heterocycles. The molecule has 0 bridgehead atoms. The lowest BCUT2D eigenvalue weighted by Gasteiger charge is -2.06. The first kappa shape index (κ1) is 12.9. The number of rotatable bonds is 3. The van der Waals surface area contributed by atoms with Crippen molar-refractivity contribution in [2.75, 3.05) is 0 Å². The molecule has 0 unspecified atom stereocenters. The van der Waals surface area contributed by atoms with Crippen LogP contribution in [0.4, 0.5) is 4.39 Å². The Hall–Kier alpha value is -1.14. The van der Waals surface area contributed by atoms with Gasteiger partial charge in [-0.25, -0.2) is 17.6 Å². The summed E-state index contributed by atoms with van der Waals surface area (Å²) in [5.74, 6) is -2.37. The molecular formula is C9H8ClFO4S. The van der Waals surface area contributed by atoms with Gasteiger partial charge in [-0.3, -0.25) is 0 Å². The minimum absolute atomic E-state index is 0.217. The molecule has 0 saturated heterocycles. The van der Waals surface area contributed by atoms with E-state index in [0.717, 1.165) is 12.1 Å². The molecule has 0 amide bonds. The van der Waals surface area contributed by atoms with Crippen molar-refractivity contribution in [2.24, 2.45) is 0 Å². The summed E-state index contributed by atoms with van der Waals surface area (Å²) in [5.41, 5.74) is -0.0443. The van der Waals surface area contributed by atoms with Crippen LogP contribution in [-0.4, -0.2) is 19.5 Å². The molecule has 1 rings (SSSR count). The number of hydrogen-bond donors (Lipinski definition) is 1. The van der Waals surface area contributed by atoms with Crippen LogP contribution in [0.25, 0.3) is 0 Å². The van der Waals surface area contributed by atoms with E-state index >= 15 is 0 Å². The molecule has 1 aromatic rings. The van der Waals surface area contributed by atoms with Gasteiger partial charge in [0.15, 0.2) is 0 Å². The van der Waals surface area contributed by atoms with Crippen molar-refractivity contribution in [1.29, 1.82) is 0 Å². The van der Waals surface area contributed by atoms with E-state index in [2.05, 4.69) is 0 Å². The van der Waals surface area contributed by atoms with Crippen molar-refractivity contribution in [3.8, 4) is 0 Å². The second-order valence-electron chi connectivity index (χ2n) is 3.04. The lowest BCUT2D eigenvalue weighted by molar-refractivity contribution is 0.0695. The summed E-state index contributed by atoms with van der Waals surface area (Å²) in [7, 11) is 0.695. The third kappa shape index (κ3) is 2.51. The smallest absolute Gasteiger partial charge is 0.336 e. The Kier molecular flexibility index (Phi) is 3.54. The van der Waals surface area contributed by atoms with Gasteiger partial charge in [-0.05, 0) is 24.1 Å². The molecule has 0 saturated carbocycles. The Labute approximate surface area is 96.1 Å². The third-order valence-electron chi connectivity index (χ3n) is 2.03. The highest BCUT2D eigenvalue weighted by Crippen LogP contribution is 2.23. The van der Waals surface area contributed by atoms with Crippen LogP contribution < -0.4 is 0 Å². The molecule has 16 heavy (non-hydrogen) atoms. The predicted octanol–water partition coefficient (Wildman–Crippen LogP) is 2.01. The van der Waals surface area contributed by atoms with Crippen LogP contribution >= 0.6 is 10.7 Å². The van der Waals surface area contributed by atoms with Gasteiger partial charge in [-0.2, -0.15) is 0 Å². The molecule has 0 radical (unpaired) electrons. The highest BCUT2D eigenvalue weighted by molar-refractivity contribution is 8.13. The van der Waals surface area contributed by atoms with Gasteiger partial charge in [-0.15, -0.1) is 0 Å². The van der Waals surface area contributed by atoms with E-state index in [0.29, 0.717) is 0 Å². The zero-order valence-electron chi connectivity index (χ0n) is 8.20. The zero-order chi connectivity index (χ0) is 12.5. The van der Waals surface area contributed by atoms with E-state index in [-0.39, 0.29) is 17.5 Å². The minimum atomic E-state index is -4.28. The van der Waals surface area contributed by atoms with E-state index in [4.69, 9.17) is 15.8 Å². The predicted molar refractivity (Wildman–Crippen MR) is 55.8 cm³/mol. The average molecular weight is 267 g/mol. The van der Waals surface area contributed by atoms with E-state index in [1.165, 1.54) is 0 Å². The van der Waals surface area contributed by atoms with E-state index < -0.39 is 25.7 Å². The molecule has 1 aromatic carbocycles. The largest absolute Gasteiger partial charge is 0.478 e. The lowest BCUT2D eigenvalue weighted by atomic mass is 10.1. The average Bonchev–Trinajstić information content (AvgIpc) is 2.14. The molecule has 7 heteroatoms. The van der Waals surface area contributed by atoms with Crippen molar-refractivity contribution in [3.63, 3.8) is 0 Å². The fourth-order valence-corrected chi connectivity index (χ4v) is 2.18. The molecular weight excluding hydrogens is 259 g/mol. The van der Waals surface area contributed by atoms with Crippen molar-refractivity contribution in [1.82, 2.24) is 0 Å². The summed E-state index contributed by atoms with van der Waals surface area (Å²) in [6.45, 7) is 1.64. The molecule has 0 aliphatic carbocycles. The van der Waals surface area contributed by atoms with Crippen molar-refractivity contribution < 1.29 is 22.7 Å². The number of benzene rings is 1. The fourth-order valence-electron chi connectivity index (χ4n) is 1.27. The van der Waals surface area contributed by atoms with Gasteiger partial charge in [0.2, 0.25) is 0 Å². The van der Waals surface area contributed by atoms with Crippen LogP contribution in [0.5, 0.6) is 0 Å². The lowest BCUT2D eigenvalue weighted by Crippen LogP contribution is -2.06. The van der Waals surface area contributed by atoms with E-state index in [9.17, 15) is 17.6 Å². The van der Waals surface area contributed by atoms with E-state index in [1.54, 1.807) is 6.92 Å². The van der Waals surface area contributed by atoms with Gasteiger partial charge in [0.05, 0.1) is 5.56 Å². The zero-order valence-corrected chi connectivity index (χ0v) is 9.77. The molecule has 88 valence electrons. The number of hydrogen-bond acceptors (Lipinski definition) is 3. The quantitative estimate of drug-likeness (QED) is 0.850. The number of carbonyl (C=O) groups is 1. The molecule has 0 fully saturated rings. The van der Waals surface area contributed by atoms with Gasteiger partial charge < -0.3 is 5.11 Å². The van der Waals surface area contributed by atoms with Gasteiger partial charge in [-0.1, -0.05) is 6.92 Å². The maximum Gasteiger partial charge on any atom is 0.336 e. The van der Waals surface area contributed by atoms with Gasteiger partial charge in [0.25, 0.3) is 9.05 Å². The van der Waals surface area contributed by atoms with Crippen molar-refractivity contribution >= 4 is 25.7 Å². The summed E-state index contributed by atoms with van der Waals surface area (Å²) in [6, 6.07) is 1.61. The minimum Gasteiger partial charge on any atom is -0.478 e. The van der Waals surface area contributed by atoms with Crippen LogP contribution in [0.2, 0.25) is 0 Å². The highest BCUT2D eigenvalue weighted by Gasteiger charge is 2.21. The molecule has 0 heterocycles. The van der Waals surface area contributed by atoms with Crippen LogP contribution in [-0.2, 0) is 15.5 Å². The van der Waals surface area contributed by atoms with Gasteiger partial charge >= 0.3 is 5.97 Å². The van der Waals surface area contributed by atoms with Gasteiger partial charge in [0, 0.05) is 10.7 Å². The molecule has 0 spiro atoms. The Morgan fingerprint density at radius 2 is 2.06 bits per heavy atom. The number of carboxylic acids is 1. The standard InChI is InChI=1S/C9H8ClFO4S/c1-2-5-3-7(11)8(16(10,14)15)4-6(5)9(12)13/h3-4H,2H2,1H3,(H,12,13). The topological polar surface area (TPSA) is 71.4 Å². The maximum atomic E-state index is 13.3. The van der Waals surface area contributed by atoms with E-state index in [1.807, 2.05) is 0 Å². The number of aromatic carboxylic acids is 1. The number of halogens is 2. The molecule has 1 N–H and O–H groups in total. The third-order valence-corrected chi connectivity index (χ3v) is 3.37. The van der Waals surface area contributed by atoms with Crippen LogP contribution in [0.1, 0.15) is 22.8 Å². The van der Waals surface area contributed by atoms with Crippen molar-refractivity contribution in [2.45, 2.75) is 18.2 Å².